The number of urea groups is 1. The monoisotopic (exact) mass is 468 g/mol. The minimum Gasteiger partial charge on any atom is -0.480 e. The molecule has 3 N–H and O–H groups in total. The van der Waals surface area contributed by atoms with E-state index in [2.05, 4.69) is 10.3 Å². The van der Waals surface area contributed by atoms with Gasteiger partial charge in [-0.25, -0.2) is 14.5 Å². The number of amides is 4. The molecule has 4 rings (SSSR count). The van der Waals surface area contributed by atoms with E-state index in [9.17, 15) is 24.3 Å². The van der Waals surface area contributed by atoms with Crippen LogP contribution in [0, 0.1) is 11.8 Å². The molecular weight excluding hydrogens is 436 g/mol. The van der Waals surface area contributed by atoms with Gasteiger partial charge < -0.3 is 20.3 Å². The summed E-state index contributed by atoms with van der Waals surface area (Å²) in [6.07, 6.45) is 0.828. The van der Waals surface area contributed by atoms with Crippen LogP contribution in [0.5, 0.6) is 0 Å². The van der Waals surface area contributed by atoms with Crippen LogP contribution in [0.4, 0.5) is 4.79 Å². The molecule has 9 heteroatoms. The Kier molecular flexibility index (Phi) is 5.91. The van der Waals surface area contributed by atoms with Gasteiger partial charge in [0.1, 0.15) is 12.1 Å². The number of nitrogens with zero attached hydrogens (tertiary/aromatic N) is 2. The van der Waals surface area contributed by atoms with Gasteiger partial charge in [0.15, 0.2) is 5.54 Å². The molecule has 0 saturated carbocycles. The summed E-state index contributed by atoms with van der Waals surface area (Å²) < 4.78 is 0. The Morgan fingerprint density at radius 3 is 2.47 bits per heavy atom. The quantitative estimate of drug-likeness (QED) is 0.539. The summed E-state index contributed by atoms with van der Waals surface area (Å²) in [4.78, 5) is 58.5. The number of aliphatic carboxylic acids is 1. The van der Waals surface area contributed by atoms with Crippen molar-refractivity contribution in [1.82, 2.24) is 20.1 Å². The topological polar surface area (TPSA) is 123 Å². The smallest absolute Gasteiger partial charge is 0.328 e. The molecule has 182 valence electrons. The number of benzene rings is 1. The number of carboxylic acid groups (broad SMARTS) is 1. The molecule has 0 unspecified atom stereocenters. The molecule has 1 aromatic heterocycles. The summed E-state index contributed by atoms with van der Waals surface area (Å²) in [5.74, 6) is -2.62. The second-order valence-electron chi connectivity index (χ2n) is 10.2. The van der Waals surface area contributed by atoms with Crippen LogP contribution in [-0.4, -0.2) is 62.3 Å². The maximum atomic E-state index is 13.9. The molecule has 0 aliphatic carbocycles. The Bertz CT molecular complexity index is 1170. The summed E-state index contributed by atoms with van der Waals surface area (Å²) in [7, 11) is 0. The lowest BCUT2D eigenvalue weighted by atomic mass is 9.86. The lowest BCUT2D eigenvalue weighted by Gasteiger charge is -2.36. The molecule has 0 spiro atoms. The van der Waals surface area contributed by atoms with Gasteiger partial charge in [-0.2, -0.15) is 0 Å². The number of para-hydroxylation sites is 1. The predicted molar refractivity (Wildman–Crippen MR) is 126 cm³/mol. The van der Waals surface area contributed by atoms with E-state index in [4.69, 9.17) is 0 Å². The van der Waals surface area contributed by atoms with Gasteiger partial charge in [-0.05, 0) is 43.2 Å². The van der Waals surface area contributed by atoms with Crippen LogP contribution >= 0.6 is 0 Å². The fraction of sp³-hybridized carbons (Fsp3) is 0.520. The molecule has 2 aliphatic rings. The van der Waals surface area contributed by atoms with E-state index in [1.807, 2.05) is 38.1 Å². The van der Waals surface area contributed by atoms with E-state index >= 15 is 0 Å². The maximum Gasteiger partial charge on any atom is 0.328 e. The first-order valence-electron chi connectivity index (χ1n) is 11.8. The van der Waals surface area contributed by atoms with Crippen LogP contribution in [-0.2, 0) is 26.3 Å². The number of aromatic nitrogens is 1. The number of hydrogen-bond acceptors (Lipinski definition) is 4. The fourth-order valence-corrected chi connectivity index (χ4v) is 5.23. The minimum absolute atomic E-state index is 0.00671. The Balaban J connectivity index is 1.74. The van der Waals surface area contributed by atoms with E-state index in [-0.39, 0.29) is 18.3 Å². The third-order valence-corrected chi connectivity index (χ3v) is 7.04. The largest absolute Gasteiger partial charge is 0.480 e. The number of H-pyrrole nitrogens is 1. The van der Waals surface area contributed by atoms with Crippen LogP contribution in [0.25, 0.3) is 10.9 Å². The van der Waals surface area contributed by atoms with Crippen molar-refractivity contribution in [2.24, 2.45) is 11.8 Å². The average molecular weight is 469 g/mol. The summed E-state index contributed by atoms with van der Waals surface area (Å²) in [6.45, 7) is 9.26. The summed E-state index contributed by atoms with van der Waals surface area (Å²) in [5, 5.41) is 13.1. The highest BCUT2D eigenvalue weighted by atomic mass is 16.4. The molecular formula is C25H32N4O5. The van der Waals surface area contributed by atoms with Crippen LogP contribution in [0.2, 0.25) is 0 Å². The standard InChI is InChI=1S/C25H32N4O5/c1-13(2)12-18(21(30)27-19(14(3)4)22(31)32)29-23(33)25(5)20-16(10-11-28(25)24(29)34)15-8-6-7-9-17(15)26-20/h6-9,13-14,18-19,26H,10-12H2,1-5H3,(H,27,30)(H,31,32)/t18-,19+,25-/m0/s1. The van der Waals surface area contributed by atoms with Crippen molar-refractivity contribution in [3.05, 3.63) is 35.5 Å². The van der Waals surface area contributed by atoms with Gasteiger partial charge in [0.25, 0.3) is 5.91 Å². The first kappa shape index (κ1) is 23.8. The number of hydrogen-bond donors (Lipinski definition) is 3. The molecule has 0 bridgehead atoms. The van der Waals surface area contributed by atoms with E-state index in [1.165, 1.54) is 4.90 Å². The third-order valence-electron chi connectivity index (χ3n) is 7.04. The number of aromatic amines is 1. The molecule has 1 aromatic carbocycles. The van der Waals surface area contributed by atoms with Crippen molar-refractivity contribution in [2.45, 2.75) is 65.1 Å². The van der Waals surface area contributed by atoms with E-state index in [0.717, 1.165) is 21.4 Å². The molecule has 2 aliphatic heterocycles. The Morgan fingerprint density at radius 1 is 1.18 bits per heavy atom. The second-order valence-corrected chi connectivity index (χ2v) is 10.2. The predicted octanol–water partition coefficient (Wildman–Crippen LogP) is 2.84. The van der Waals surface area contributed by atoms with Crippen molar-refractivity contribution >= 4 is 34.7 Å². The van der Waals surface area contributed by atoms with Gasteiger partial charge in [-0.3, -0.25) is 9.59 Å². The molecule has 3 heterocycles. The molecule has 3 atom stereocenters. The van der Waals surface area contributed by atoms with Gasteiger partial charge in [-0.15, -0.1) is 0 Å². The van der Waals surface area contributed by atoms with E-state index in [1.54, 1.807) is 20.8 Å². The molecule has 34 heavy (non-hydrogen) atoms. The fourth-order valence-electron chi connectivity index (χ4n) is 5.23. The number of fused-ring (bicyclic) bond motifs is 5. The molecule has 9 nitrogen and oxygen atoms in total. The normalized spacial score (nSPS) is 21.7. The van der Waals surface area contributed by atoms with Gasteiger partial charge in [0.05, 0.1) is 5.69 Å². The van der Waals surface area contributed by atoms with Crippen molar-refractivity contribution in [3.8, 4) is 0 Å². The lowest BCUT2D eigenvalue weighted by Crippen LogP contribution is -2.55. The first-order chi connectivity index (χ1) is 16.0. The molecule has 2 aromatic rings. The van der Waals surface area contributed by atoms with Gasteiger partial charge in [0.2, 0.25) is 5.91 Å². The summed E-state index contributed by atoms with van der Waals surface area (Å²) in [6, 6.07) is 5.05. The third kappa shape index (κ3) is 3.54. The van der Waals surface area contributed by atoms with Crippen molar-refractivity contribution in [3.63, 3.8) is 0 Å². The second kappa shape index (κ2) is 8.45. The number of nitrogens with one attached hydrogen (secondary N) is 2. The number of carboxylic acids is 1. The first-order valence-corrected chi connectivity index (χ1v) is 11.8. The minimum atomic E-state index is -1.26. The highest BCUT2D eigenvalue weighted by molar-refractivity contribution is 6.11. The zero-order chi connectivity index (χ0) is 24.9. The zero-order valence-electron chi connectivity index (χ0n) is 20.2. The number of carbonyl (C=O) groups is 4. The number of rotatable bonds is 7. The van der Waals surface area contributed by atoms with Crippen molar-refractivity contribution in [1.29, 1.82) is 0 Å². The Hall–Kier alpha value is -3.36. The molecule has 4 amide bonds. The summed E-state index contributed by atoms with van der Waals surface area (Å²) >= 11 is 0. The highest BCUT2D eigenvalue weighted by Gasteiger charge is 2.60. The van der Waals surface area contributed by atoms with Crippen molar-refractivity contribution < 1.29 is 24.3 Å². The van der Waals surface area contributed by atoms with Gasteiger partial charge >= 0.3 is 12.0 Å². The van der Waals surface area contributed by atoms with Crippen molar-refractivity contribution in [2.75, 3.05) is 6.54 Å². The van der Waals surface area contributed by atoms with Crippen LogP contribution in [0.3, 0.4) is 0 Å². The molecule has 1 fully saturated rings. The number of imide groups is 1. The summed E-state index contributed by atoms with van der Waals surface area (Å²) in [5.41, 5.74) is 1.32. The average Bonchev–Trinajstić information content (AvgIpc) is 3.24. The molecule has 1 saturated heterocycles. The maximum absolute atomic E-state index is 13.9. The van der Waals surface area contributed by atoms with E-state index in [0.29, 0.717) is 18.7 Å². The number of carbonyl (C=O) groups excluding carboxylic acids is 3. The van der Waals surface area contributed by atoms with Gasteiger partial charge in [0, 0.05) is 17.4 Å². The zero-order valence-corrected chi connectivity index (χ0v) is 20.2. The Morgan fingerprint density at radius 2 is 1.85 bits per heavy atom. The van der Waals surface area contributed by atoms with Gasteiger partial charge in [-0.1, -0.05) is 45.9 Å². The van der Waals surface area contributed by atoms with E-state index < -0.39 is 41.4 Å². The lowest BCUT2D eigenvalue weighted by molar-refractivity contribution is -0.145. The van der Waals surface area contributed by atoms with Crippen LogP contribution < -0.4 is 5.32 Å². The highest BCUT2D eigenvalue weighted by Crippen LogP contribution is 2.45. The SMILES string of the molecule is CC(C)C[C@@H](C(=O)N[C@@H](C(=O)O)C(C)C)N1C(=O)N2CCc3c([nH]c4ccccc34)[C@@]2(C)C1=O. The van der Waals surface area contributed by atoms with Crippen LogP contribution in [0.1, 0.15) is 52.3 Å². The molecule has 0 radical (unpaired) electrons. The van der Waals surface area contributed by atoms with Crippen LogP contribution in [0.15, 0.2) is 24.3 Å². The Labute approximate surface area is 198 Å².